The molecule has 1 aliphatic rings. The minimum absolute atomic E-state index is 0.0117. The number of aliphatic imine (C=N–C) groups is 1. The Kier molecular flexibility index (Phi) is 21.4. The molecule has 0 heterocycles. The summed E-state index contributed by atoms with van der Waals surface area (Å²) in [7, 11) is -6.86. The molecule has 1 unspecified atom stereocenters. The van der Waals surface area contributed by atoms with Gasteiger partial charge in [-0.25, -0.2) is 26.6 Å². The first-order valence-corrected chi connectivity index (χ1v) is 26.5. The number of nitrogens with one attached hydrogen (secondary N) is 4. The van der Waals surface area contributed by atoms with Crippen molar-refractivity contribution in [1.82, 2.24) is 15.4 Å². The Hall–Kier alpha value is -5.32. The first-order valence-electron chi connectivity index (χ1n) is 22.9. The van der Waals surface area contributed by atoms with E-state index in [1.165, 1.54) is 50.7 Å². The number of carbonyl (C=O) groups is 3. The maximum atomic E-state index is 14.3. The van der Waals surface area contributed by atoms with Gasteiger partial charge in [0.1, 0.15) is 5.75 Å². The molecule has 14 nitrogen and oxygen atoms in total. The molecule has 4 rings (SSSR count). The molecule has 1 atom stereocenters. The fraction of sp³-hybridized carbons (Fsp3) is 0.469. The zero-order valence-corrected chi connectivity index (χ0v) is 40.3. The largest absolute Gasteiger partial charge is 0.481 e. The zero-order valence-electron chi connectivity index (χ0n) is 38.7. The molecular weight excluding hydrogens is 865 g/mol. The van der Waals surface area contributed by atoms with E-state index in [1.54, 1.807) is 60.7 Å². The van der Waals surface area contributed by atoms with Crippen LogP contribution in [0, 0.1) is 6.92 Å². The van der Waals surface area contributed by atoms with E-state index in [0.717, 1.165) is 43.2 Å². The second kappa shape index (κ2) is 26.6. The second-order valence-electron chi connectivity index (χ2n) is 16.4. The van der Waals surface area contributed by atoms with E-state index < -0.39 is 43.7 Å². The molecule has 65 heavy (non-hydrogen) atoms. The van der Waals surface area contributed by atoms with Gasteiger partial charge in [0.05, 0.1) is 34.8 Å². The molecule has 0 radical (unpaired) electrons. The quantitative estimate of drug-likeness (QED) is 0.0390. The van der Waals surface area contributed by atoms with Crippen LogP contribution in [0.1, 0.15) is 120 Å². The van der Waals surface area contributed by atoms with E-state index in [2.05, 4.69) is 27.0 Å². The number of rotatable bonds is 29. The smallest absolute Gasteiger partial charge is 0.265 e. The first kappa shape index (κ1) is 52.3. The fourth-order valence-electron chi connectivity index (χ4n) is 7.17. The highest BCUT2D eigenvalue weighted by Gasteiger charge is 2.27. The maximum absolute atomic E-state index is 14.3. The van der Waals surface area contributed by atoms with Crippen LogP contribution in [0.5, 0.6) is 5.75 Å². The fourth-order valence-corrected chi connectivity index (χ4v) is 8.90. The summed E-state index contributed by atoms with van der Waals surface area (Å²) in [5.74, 6) is -1.15. The van der Waals surface area contributed by atoms with Gasteiger partial charge in [0.15, 0.2) is 6.10 Å². The number of amides is 2. The molecule has 0 saturated carbocycles. The third kappa shape index (κ3) is 18.6. The number of ether oxygens (including phenoxy) is 1. The van der Waals surface area contributed by atoms with E-state index in [-0.39, 0.29) is 29.4 Å². The average molecular weight is 933 g/mol. The topological polar surface area (TPSA) is 192 Å². The molecule has 354 valence electrons. The van der Waals surface area contributed by atoms with E-state index >= 15 is 0 Å². The van der Waals surface area contributed by atoms with Crippen molar-refractivity contribution in [3.63, 3.8) is 0 Å². The molecule has 0 fully saturated rings. The predicted molar refractivity (Wildman–Crippen MR) is 262 cm³/mol. The lowest BCUT2D eigenvalue weighted by Crippen LogP contribution is -2.41. The summed E-state index contributed by atoms with van der Waals surface area (Å²) in [4.78, 5) is 48.1. The number of carbonyl (C=O) groups excluding carboxylic acids is 3. The number of hydrogen-bond donors (Lipinski definition) is 4. The van der Waals surface area contributed by atoms with E-state index in [0.29, 0.717) is 55.0 Å². The van der Waals surface area contributed by atoms with Gasteiger partial charge in [0, 0.05) is 42.6 Å². The number of likely N-dealkylation sites (N-methyl/N-ethyl adjacent to an activating group) is 1. The van der Waals surface area contributed by atoms with Crippen molar-refractivity contribution in [3.8, 4) is 5.75 Å². The van der Waals surface area contributed by atoms with E-state index in [4.69, 9.17) is 9.73 Å². The molecule has 2 amide bonds. The summed E-state index contributed by atoms with van der Waals surface area (Å²) in [6, 6.07) is 20.5. The van der Waals surface area contributed by atoms with Crippen molar-refractivity contribution in [2.45, 2.75) is 117 Å². The van der Waals surface area contributed by atoms with Gasteiger partial charge in [-0.3, -0.25) is 19.1 Å². The number of anilines is 2. The summed E-state index contributed by atoms with van der Waals surface area (Å²) >= 11 is 0. The molecule has 4 N–H and O–H groups in total. The Morgan fingerprint density at radius 1 is 0.754 bits per heavy atom. The van der Waals surface area contributed by atoms with Crippen LogP contribution < -0.4 is 29.7 Å². The molecular formula is C49H68N6O8S2. The predicted octanol–water partition coefficient (Wildman–Crippen LogP) is 8.64. The molecule has 16 heteroatoms. The van der Waals surface area contributed by atoms with Gasteiger partial charge < -0.3 is 20.3 Å². The van der Waals surface area contributed by atoms with Gasteiger partial charge in [-0.2, -0.15) is 0 Å². The number of sulfonamides is 2. The first-order chi connectivity index (χ1) is 31.1. The normalized spacial score (nSPS) is 14.0. The number of allylic oxidation sites excluding steroid dienone is 2. The number of aryl methyl sites for hydroxylation is 1. The van der Waals surface area contributed by atoms with Crippen molar-refractivity contribution in [2.24, 2.45) is 4.99 Å². The van der Waals surface area contributed by atoms with Crippen LogP contribution in [0.25, 0.3) is 0 Å². The van der Waals surface area contributed by atoms with Crippen molar-refractivity contribution < 1.29 is 36.0 Å². The summed E-state index contributed by atoms with van der Waals surface area (Å²) in [5, 5.41) is 5.63. The highest BCUT2D eigenvalue weighted by Crippen LogP contribution is 2.27. The molecule has 3 aromatic rings. The summed E-state index contributed by atoms with van der Waals surface area (Å²) in [6.07, 6.45) is 15.6. The van der Waals surface area contributed by atoms with Gasteiger partial charge in [0.2, 0.25) is 25.8 Å². The van der Waals surface area contributed by atoms with Crippen LogP contribution >= 0.6 is 0 Å². The molecule has 3 aromatic carbocycles. The third-order valence-corrected chi connectivity index (χ3v) is 12.9. The van der Waals surface area contributed by atoms with Gasteiger partial charge in [-0.15, -0.1) is 0 Å². The molecule has 0 saturated heterocycles. The highest BCUT2D eigenvalue weighted by atomic mass is 32.2. The standard InChI is InChI=1S/C49H68N6O8S2/c1-6-9-11-12-13-14-15-16-17-21-24-47(63-41-28-25-39(26-29-41)54-65(61,62)33-10-7-2)49(58)52-44-36-46(56)45(53-48(57)38-22-19-18-20-23-38)35-43(44)51-42-30-27-40(34-37(42)4)55(8-3)32-31-50-64(5,59)60/h18-20,22-23,25-30,34-36,47,50,54H,6-17,21,24,31-33H2,1-5H3,(H,52,58)(H,53,57). The monoisotopic (exact) mass is 932 g/mol. The summed E-state index contributed by atoms with van der Waals surface area (Å²) in [6.45, 7) is 9.28. The number of hydrogen-bond acceptors (Lipinski definition) is 10. The zero-order chi connectivity index (χ0) is 47.2. The molecule has 0 aromatic heterocycles. The van der Waals surface area contributed by atoms with Crippen LogP contribution in [0.4, 0.5) is 17.1 Å². The minimum Gasteiger partial charge on any atom is -0.481 e. The van der Waals surface area contributed by atoms with Gasteiger partial charge in [-0.1, -0.05) is 96.3 Å². The Labute approximate surface area is 386 Å². The molecule has 1 aliphatic carbocycles. The third-order valence-electron chi connectivity index (χ3n) is 10.8. The minimum atomic E-state index is -3.52. The summed E-state index contributed by atoms with van der Waals surface area (Å²) < 4.78 is 59.8. The molecule has 0 bridgehead atoms. The maximum Gasteiger partial charge on any atom is 0.265 e. The Morgan fingerprint density at radius 3 is 2.02 bits per heavy atom. The van der Waals surface area contributed by atoms with Crippen molar-refractivity contribution in [2.75, 3.05) is 41.3 Å². The van der Waals surface area contributed by atoms with Crippen LogP contribution in [0.15, 0.2) is 101 Å². The average Bonchev–Trinajstić information content (AvgIpc) is 3.27. The Morgan fingerprint density at radius 2 is 1.40 bits per heavy atom. The number of benzene rings is 3. The van der Waals surface area contributed by atoms with Crippen LogP contribution in [-0.2, 0) is 29.6 Å². The molecule has 0 spiro atoms. The number of ketones is 1. The van der Waals surface area contributed by atoms with Gasteiger partial charge in [-0.05, 0) is 99.3 Å². The number of nitrogens with zero attached hydrogens (tertiary/aromatic N) is 2. The highest BCUT2D eigenvalue weighted by molar-refractivity contribution is 7.92. The molecule has 0 aliphatic heterocycles. The summed E-state index contributed by atoms with van der Waals surface area (Å²) in [5.41, 5.74) is 3.22. The van der Waals surface area contributed by atoms with Crippen LogP contribution in [-0.4, -0.2) is 77.9 Å². The number of unbranched alkanes of at least 4 members (excludes halogenated alkanes) is 10. The van der Waals surface area contributed by atoms with E-state index in [9.17, 15) is 31.2 Å². The van der Waals surface area contributed by atoms with E-state index in [1.807, 2.05) is 37.8 Å². The second-order valence-corrected chi connectivity index (χ2v) is 20.1. The SMILES string of the molecule is CCCCCCCCCCCCC(Oc1ccc(NS(=O)(=O)CCCC)cc1)C(=O)NC1=CC(=O)C(NC(=O)c2ccccc2)=CC1=Nc1ccc(N(CC)CCNS(C)(=O)=O)cc1C. The van der Waals surface area contributed by atoms with Gasteiger partial charge in [0.25, 0.3) is 11.8 Å². The Bertz CT molecular complexity index is 2350. The van der Waals surface area contributed by atoms with Gasteiger partial charge >= 0.3 is 0 Å². The lowest BCUT2D eigenvalue weighted by Gasteiger charge is -2.24. The van der Waals surface area contributed by atoms with Crippen LogP contribution in [0.2, 0.25) is 0 Å². The van der Waals surface area contributed by atoms with Crippen molar-refractivity contribution >= 4 is 60.4 Å². The van der Waals surface area contributed by atoms with Crippen molar-refractivity contribution in [1.29, 1.82) is 0 Å². The Balaban J connectivity index is 1.60. The van der Waals surface area contributed by atoms with Crippen molar-refractivity contribution in [3.05, 3.63) is 107 Å². The lowest BCUT2D eigenvalue weighted by molar-refractivity contribution is -0.127. The lowest BCUT2D eigenvalue weighted by atomic mass is 10.0. The van der Waals surface area contributed by atoms with Crippen LogP contribution in [0.3, 0.4) is 0 Å².